The summed E-state index contributed by atoms with van der Waals surface area (Å²) < 4.78 is 0. The van der Waals surface area contributed by atoms with Crippen molar-refractivity contribution < 1.29 is 9.90 Å². The van der Waals surface area contributed by atoms with Crippen LogP contribution < -0.4 is 5.32 Å². The summed E-state index contributed by atoms with van der Waals surface area (Å²) in [5.41, 5.74) is 0.630. The van der Waals surface area contributed by atoms with E-state index >= 15 is 0 Å². The molecule has 0 amide bonds. The summed E-state index contributed by atoms with van der Waals surface area (Å²) in [6.07, 6.45) is 3.32. The van der Waals surface area contributed by atoms with Crippen molar-refractivity contribution in [1.82, 2.24) is 4.98 Å². The van der Waals surface area contributed by atoms with Crippen LogP contribution >= 0.6 is 11.8 Å². The molecule has 0 radical (unpaired) electrons. The molecule has 1 aromatic heterocycles. The summed E-state index contributed by atoms with van der Waals surface area (Å²) in [7, 11) is 0. The van der Waals surface area contributed by atoms with Gasteiger partial charge in [0, 0.05) is 24.2 Å². The number of anilines is 1. The van der Waals surface area contributed by atoms with Crippen molar-refractivity contribution in [2.75, 3.05) is 23.4 Å². The number of nitrogens with zero attached hydrogens (tertiary/aromatic N) is 1. The average molecular weight is 238 g/mol. The first-order chi connectivity index (χ1) is 7.75. The minimum absolute atomic E-state index is 0.0659. The van der Waals surface area contributed by atoms with Gasteiger partial charge in [-0.05, 0) is 12.1 Å². The van der Waals surface area contributed by atoms with E-state index in [9.17, 15) is 4.79 Å². The lowest BCUT2D eigenvalue weighted by molar-refractivity contribution is 0.0691. The number of carboxylic acid groups (broad SMARTS) is 1. The third-order valence-electron chi connectivity index (χ3n) is 1.81. The molecule has 16 heavy (non-hydrogen) atoms. The molecule has 86 valence electrons. The second kappa shape index (κ2) is 6.90. The predicted octanol–water partition coefficient (Wildman–Crippen LogP) is 2.11. The number of aromatic carboxylic acids is 1. The number of carboxylic acids is 1. The Hall–Kier alpha value is -1.49. The van der Waals surface area contributed by atoms with Gasteiger partial charge >= 0.3 is 5.97 Å². The fourth-order valence-electron chi connectivity index (χ4n) is 1.14. The highest BCUT2D eigenvalue weighted by molar-refractivity contribution is 7.99. The van der Waals surface area contributed by atoms with Crippen LogP contribution in [0, 0.1) is 0 Å². The Kier molecular flexibility index (Phi) is 5.42. The Morgan fingerprint density at radius 1 is 1.69 bits per heavy atom. The molecule has 2 N–H and O–H groups in total. The van der Waals surface area contributed by atoms with Crippen LogP contribution in [0.2, 0.25) is 0 Å². The maximum Gasteiger partial charge on any atom is 0.356 e. The zero-order valence-corrected chi connectivity index (χ0v) is 9.67. The first-order valence-electron chi connectivity index (χ1n) is 4.86. The van der Waals surface area contributed by atoms with E-state index in [1.165, 1.54) is 6.20 Å². The molecule has 0 spiro atoms. The highest BCUT2D eigenvalue weighted by atomic mass is 32.2. The lowest BCUT2D eigenvalue weighted by Crippen LogP contribution is -2.10. The number of nitrogens with one attached hydrogen (secondary N) is 1. The lowest BCUT2D eigenvalue weighted by Gasteiger charge is -2.07. The third-order valence-corrected chi connectivity index (χ3v) is 2.77. The van der Waals surface area contributed by atoms with Gasteiger partial charge in [-0.3, -0.25) is 0 Å². The molecule has 0 saturated heterocycles. The Morgan fingerprint density at radius 3 is 3.19 bits per heavy atom. The number of pyridine rings is 1. The monoisotopic (exact) mass is 238 g/mol. The SMILES string of the molecule is C=CCSCCNc1cccnc1C(=O)O. The predicted molar refractivity (Wildman–Crippen MR) is 67.2 cm³/mol. The summed E-state index contributed by atoms with van der Waals surface area (Å²) in [5, 5.41) is 11.9. The number of rotatable bonds is 7. The van der Waals surface area contributed by atoms with Gasteiger partial charge in [-0.25, -0.2) is 9.78 Å². The summed E-state index contributed by atoms with van der Waals surface area (Å²) in [4.78, 5) is 14.6. The molecule has 4 nitrogen and oxygen atoms in total. The van der Waals surface area contributed by atoms with E-state index in [2.05, 4.69) is 16.9 Å². The molecule has 1 aromatic rings. The van der Waals surface area contributed by atoms with Gasteiger partial charge in [-0.2, -0.15) is 11.8 Å². The molecule has 0 aliphatic carbocycles. The summed E-state index contributed by atoms with van der Waals surface area (Å²) in [6, 6.07) is 3.43. The van der Waals surface area contributed by atoms with E-state index in [1.54, 1.807) is 23.9 Å². The van der Waals surface area contributed by atoms with Crippen LogP contribution in [0.5, 0.6) is 0 Å². The fourth-order valence-corrected chi connectivity index (χ4v) is 1.72. The molecule has 0 bridgehead atoms. The maximum absolute atomic E-state index is 10.8. The van der Waals surface area contributed by atoms with Crippen molar-refractivity contribution >= 4 is 23.4 Å². The van der Waals surface area contributed by atoms with Gasteiger partial charge in [0.15, 0.2) is 5.69 Å². The molecule has 5 heteroatoms. The van der Waals surface area contributed by atoms with Crippen LogP contribution in [0.4, 0.5) is 5.69 Å². The smallest absolute Gasteiger partial charge is 0.356 e. The number of carbonyl (C=O) groups is 1. The van der Waals surface area contributed by atoms with Gasteiger partial charge in [0.25, 0.3) is 0 Å². The molecular formula is C11H14N2O2S. The Bertz CT molecular complexity index is 369. The van der Waals surface area contributed by atoms with Crippen molar-refractivity contribution in [3.63, 3.8) is 0 Å². The van der Waals surface area contributed by atoms with Gasteiger partial charge in [0.1, 0.15) is 0 Å². The second-order valence-electron chi connectivity index (χ2n) is 3.00. The zero-order chi connectivity index (χ0) is 11.8. The number of aromatic nitrogens is 1. The molecule has 0 fully saturated rings. The van der Waals surface area contributed by atoms with Gasteiger partial charge in [-0.1, -0.05) is 6.08 Å². The molecule has 0 saturated carbocycles. The van der Waals surface area contributed by atoms with Crippen LogP contribution in [0.3, 0.4) is 0 Å². The molecule has 0 unspecified atom stereocenters. The quantitative estimate of drug-likeness (QED) is 0.562. The molecule has 0 aliphatic rings. The minimum Gasteiger partial charge on any atom is -0.476 e. The maximum atomic E-state index is 10.8. The lowest BCUT2D eigenvalue weighted by atomic mass is 10.3. The van der Waals surface area contributed by atoms with Gasteiger partial charge < -0.3 is 10.4 Å². The van der Waals surface area contributed by atoms with E-state index in [4.69, 9.17) is 5.11 Å². The van der Waals surface area contributed by atoms with Crippen molar-refractivity contribution in [1.29, 1.82) is 0 Å². The Balaban J connectivity index is 2.47. The number of hydrogen-bond acceptors (Lipinski definition) is 4. The number of thioether (sulfide) groups is 1. The standard InChI is InChI=1S/C11H14N2O2S/c1-2-7-16-8-6-12-9-4-3-5-13-10(9)11(14)15/h2-5,12H,1,6-8H2,(H,14,15). The Morgan fingerprint density at radius 2 is 2.50 bits per heavy atom. The van der Waals surface area contributed by atoms with E-state index < -0.39 is 5.97 Å². The molecule has 1 rings (SSSR count). The fraction of sp³-hybridized carbons (Fsp3) is 0.273. The van der Waals surface area contributed by atoms with Crippen LogP contribution in [-0.4, -0.2) is 34.1 Å². The summed E-state index contributed by atoms with van der Waals surface area (Å²) >= 11 is 1.74. The van der Waals surface area contributed by atoms with Crippen LogP contribution in [0.15, 0.2) is 31.0 Å². The zero-order valence-electron chi connectivity index (χ0n) is 8.85. The molecule has 0 atom stereocenters. The summed E-state index contributed by atoms with van der Waals surface area (Å²) in [5.74, 6) is 0.794. The highest BCUT2D eigenvalue weighted by Crippen LogP contribution is 2.12. The number of hydrogen-bond donors (Lipinski definition) is 2. The first kappa shape index (κ1) is 12.6. The van der Waals surface area contributed by atoms with Crippen molar-refractivity contribution in [3.05, 3.63) is 36.7 Å². The van der Waals surface area contributed by atoms with Crippen molar-refractivity contribution in [2.45, 2.75) is 0 Å². The first-order valence-corrected chi connectivity index (χ1v) is 6.02. The molecule has 0 aliphatic heterocycles. The van der Waals surface area contributed by atoms with Crippen LogP contribution in [0.1, 0.15) is 10.5 Å². The third kappa shape index (κ3) is 3.94. The van der Waals surface area contributed by atoms with Gasteiger partial charge in [-0.15, -0.1) is 6.58 Å². The average Bonchev–Trinajstić information content (AvgIpc) is 2.29. The van der Waals surface area contributed by atoms with Gasteiger partial charge in [0.2, 0.25) is 0 Å². The molecular weight excluding hydrogens is 224 g/mol. The minimum atomic E-state index is -1.01. The van der Waals surface area contributed by atoms with Crippen LogP contribution in [-0.2, 0) is 0 Å². The summed E-state index contributed by atoms with van der Waals surface area (Å²) in [6.45, 7) is 4.34. The second-order valence-corrected chi connectivity index (χ2v) is 4.14. The van der Waals surface area contributed by atoms with E-state index in [-0.39, 0.29) is 5.69 Å². The molecule has 1 heterocycles. The van der Waals surface area contributed by atoms with Crippen LogP contribution in [0.25, 0.3) is 0 Å². The highest BCUT2D eigenvalue weighted by Gasteiger charge is 2.09. The largest absolute Gasteiger partial charge is 0.476 e. The Labute approximate surface area is 98.8 Å². The van der Waals surface area contributed by atoms with Crippen molar-refractivity contribution in [3.8, 4) is 0 Å². The normalized spacial score (nSPS) is 9.75. The van der Waals surface area contributed by atoms with E-state index in [0.717, 1.165) is 11.5 Å². The van der Waals surface area contributed by atoms with E-state index in [1.807, 2.05) is 6.08 Å². The van der Waals surface area contributed by atoms with E-state index in [0.29, 0.717) is 12.2 Å². The van der Waals surface area contributed by atoms with Crippen molar-refractivity contribution in [2.24, 2.45) is 0 Å². The topological polar surface area (TPSA) is 62.2 Å². The molecule has 0 aromatic carbocycles. The van der Waals surface area contributed by atoms with Gasteiger partial charge in [0.05, 0.1) is 5.69 Å².